The summed E-state index contributed by atoms with van der Waals surface area (Å²) in [5, 5.41) is 3.83. The number of benzene rings is 2. The van der Waals surface area contributed by atoms with Crippen molar-refractivity contribution in [1.29, 1.82) is 0 Å². The van der Waals surface area contributed by atoms with Gasteiger partial charge in [-0.3, -0.25) is 4.98 Å². The van der Waals surface area contributed by atoms with Gasteiger partial charge in [-0.25, -0.2) is 0 Å². The highest BCUT2D eigenvalue weighted by molar-refractivity contribution is 5.94. The van der Waals surface area contributed by atoms with Crippen LogP contribution in [0.3, 0.4) is 0 Å². The zero-order valence-corrected chi connectivity index (χ0v) is 13.1. The van der Waals surface area contributed by atoms with Gasteiger partial charge < -0.3 is 10.1 Å². The third-order valence-corrected chi connectivity index (χ3v) is 3.64. The van der Waals surface area contributed by atoms with Crippen LogP contribution in [0, 0.1) is 6.92 Å². The van der Waals surface area contributed by atoms with Crippen LogP contribution in [0.4, 0.5) is 24.5 Å². The number of aryl methyl sites for hydroxylation is 1. The van der Waals surface area contributed by atoms with Gasteiger partial charge in [-0.2, -0.15) is 13.2 Å². The number of halogens is 3. The molecule has 3 rings (SSSR count). The lowest BCUT2D eigenvalue weighted by atomic mass is 10.1. The van der Waals surface area contributed by atoms with E-state index in [1.807, 2.05) is 18.2 Å². The van der Waals surface area contributed by atoms with Crippen molar-refractivity contribution in [1.82, 2.24) is 4.98 Å². The minimum Gasteiger partial charge on any atom is -0.495 e. The Labute approximate surface area is 137 Å². The van der Waals surface area contributed by atoms with E-state index < -0.39 is 11.7 Å². The van der Waals surface area contributed by atoms with E-state index in [0.717, 1.165) is 17.8 Å². The number of fused-ring (bicyclic) bond motifs is 1. The van der Waals surface area contributed by atoms with Gasteiger partial charge in [-0.05, 0) is 37.3 Å². The fourth-order valence-corrected chi connectivity index (χ4v) is 2.53. The molecular weight excluding hydrogens is 317 g/mol. The molecule has 0 radical (unpaired) electrons. The Kier molecular flexibility index (Phi) is 4.05. The van der Waals surface area contributed by atoms with E-state index in [9.17, 15) is 13.2 Å². The van der Waals surface area contributed by atoms with Crippen molar-refractivity contribution in [2.24, 2.45) is 0 Å². The lowest BCUT2D eigenvalue weighted by Gasteiger charge is -2.14. The molecule has 1 heterocycles. The van der Waals surface area contributed by atoms with Crippen LogP contribution >= 0.6 is 0 Å². The molecule has 0 saturated heterocycles. The molecule has 0 aliphatic rings. The molecule has 0 spiro atoms. The molecule has 1 aromatic heterocycles. The number of nitrogens with one attached hydrogen (secondary N) is 1. The molecule has 0 fully saturated rings. The SMILES string of the molecule is COc1ccccc1Nc1cc(C)nc2cc(C(F)(F)F)ccc12. The van der Waals surface area contributed by atoms with E-state index in [0.29, 0.717) is 28.0 Å². The molecule has 3 aromatic rings. The number of methoxy groups -OCH3 is 1. The van der Waals surface area contributed by atoms with E-state index in [2.05, 4.69) is 10.3 Å². The number of para-hydroxylation sites is 2. The van der Waals surface area contributed by atoms with Gasteiger partial charge in [0.05, 0.1) is 23.9 Å². The number of hydrogen-bond acceptors (Lipinski definition) is 3. The van der Waals surface area contributed by atoms with Crippen LogP contribution in [0.25, 0.3) is 10.9 Å². The Morgan fingerprint density at radius 2 is 1.75 bits per heavy atom. The Hall–Kier alpha value is -2.76. The largest absolute Gasteiger partial charge is 0.495 e. The average Bonchev–Trinajstić information content (AvgIpc) is 2.53. The van der Waals surface area contributed by atoms with Gasteiger partial charge >= 0.3 is 6.18 Å². The second-order valence-electron chi connectivity index (χ2n) is 5.37. The van der Waals surface area contributed by atoms with Gasteiger partial charge in [0.15, 0.2) is 0 Å². The molecule has 0 aliphatic heterocycles. The lowest BCUT2D eigenvalue weighted by Crippen LogP contribution is -2.05. The van der Waals surface area contributed by atoms with Crippen molar-refractivity contribution in [3.63, 3.8) is 0 Å². The molecule has 1 N–H and O–H groups in total. The quantitative estimate of drug-likeness (QED) is 0.705. The standard InChI is InChI=1S/C18H15F3N2O/c1-11-9-15(23-14-5-3-4-6-17(14)24-2)13-8-7-12(18(19,20)21)10-16(13)22-11/h3-10H,1-2H3,(H,22,23). The fourth-order valence-electron chi connectivity index (χ4n) is 2.53. The number of aromatic nitrogens is 1. The van der Waals surface area contributed by atoms with E-state index in [1.54, 1.807) is 26.2 Å². The number of hydrogen-bond donors (Lipinski definition) is 1. The van der Waals surface area contributed by atoms with E-state index >= 15 is 0 Å². The van der Waals surface area contributed by atoms with Crippen LogP contribution in [-0.4, -0.2) is 12.1 Å². The number of anilines is 2. The molecule has 0 amide bonds. The summed E-state index contributed by atoms with van der Waals surface area (Å²) in [4.78, 5) is 4.22. The van der Waals surface area contributed by atoms with Crippen LogP contribution in [-0.2, 0) is 6.18 Å². The van der Waals surface area contributed by atoms with Crippen LogP contribution in [0.5, 0.6) is 5.75 Å². The summed E-state index contributed by atoms with van der Waals surface area (Å²) in [6.45, 7) is 1.74. The summed E-state index contributed by atoms with van der Waals surface area (Å²) in [5.74, 6) is 0.645. The predicted molar refractivity (Wildman–Crippen MR) is 87.8 cm³/mol. The summed E-state index contributed by atoms with van der Waals surface area (Å²) >= 11 is 0. The molecule has 3 nitrogen and oxygen atoms in total. The third kappa shape index (κ3) is 3.13. The summed E-state index contributed by atoms with van der Waals surface area (Å²) in [7, 11) is 1.56. The van der Waals surface area contributed by atoms with Gasteiger partial charge in [0.1, 0.15) is 5.75 Å². The first-order valence-electron chi connectivity index (χ1n) is 7.27. The minimum atomic E-state index is -4.39. The van der Waals surface area contributed by atoms with Gasteiger partial charge in [0.2, 0.25) is 0 Å². The molecule has 24 heavy (non-hydrogen) atoms. The van der Waals surface area contributed by atoms with Crippen molar-refractivity contribution in [3.05, 3.63) is 59.8 Å². The molecule has 0 unspecified atom stereocenters. The maximum Gasteiger partial charge on any atom is 0.416 e. The van der Waals surface area contributed by atoms with Gasteiger partial charge in [-0.1, -0.05) is 18.2 Å². The fraction of sp³-hybridized carbons (Fsp3) is 0.167. The lowest BCUT2D eigenvalue weighted by molar-refractivity contribution is -0.137. The number of ether oxygens (including phenoxy) is 1. The van der Waals surface area contributed by atoms with Gasteiger partial charge in [-0.15, -0.1) is 0 Å². The summed E-state index contributed by atoms with van der Waals surface area (Å²) in [5.41, 5.74) is 1.61. The molecule has 0 atom stereocenters. The Morgan fingerprint density at radius 3 is 2.46 bits per heavy atom. The number of alkyl halides is 3. The maximum absolute atomic E-state index is 12.9. The first-order chi connectivity index (χ1) is 11.4. The Balaban J connectivity index is 2.11. The van der Waals surface area contributed by atoms with Crippen molar-refractivity contribution >= 4 is 22.3 Å². The van der Waals surface area contributed by atoms with Crippen LogP contribution in [0.2, 0.25) is 0 Å². The Morgan fingerprint density at radius 1 is 1.00 bits per heavy atom. The molecule has 124 valence electrons. The monoisotopic (exact) mass is 332 g/mol. The molecule has 0 saturated carbocycles. The topological polar surface area (TPSA) is 34.1 Å². The zero-order chi connectivity index (χ0) is 17.3. The van der Waals surface area contributed by atoms with Gasteiger partial charge in [0, 0.05) is 16.8 Å². The predicted octanol–water partition coefficient (Wildman–Crippen LogP) is 5.31. The normalized spacial score (nSPS) is 11.5. The van der Waals surface area contributed by atoms with Crippen molar-refractivity contribution in [3.8, 4) is 5.75 Å². The zero-order valence-electron chi connectivity index (χ0n) is 13.1. The average molecular weight is 332 g/mol. The van der Waals surface area contributed by atoms with Crippen molar-refractivity contribution < 1.29 is 17.9 Å². The van der Waals surface area contributed by atoms with Crippen molar-refractivity contribution in [2.75, 3.05) is 12.4 Å². The number of rotatable bonds is 3. The maximum atomic E-state index is 12.9. The van der Waals surface area contributed by atoms with E-state index in [4.69, 9.17) is 4.74 Å². The smallest absolute Gasteiger partial charge is 0.416 e. The second-order valence-corrected chi connectivity index (χ2v) is 5.37. The molecule has 6 heteroatoms. The molecular formula is C18H15F3N2O. The van der Waals surface area contributed by atoms with Crippen LogP contribution < -0.4 is 10.1 Å². The van der Waals surface area contributed by atoms with Crippen molar-refractivity contribution in [2.45, 2.75) is 13.1 Å². The van der Waals surface area contributed by atoms with E-state index in [-0.39, 0.29) is 0 Å². The summed E-state index contributed by atoms with van der Waals surface area (Å²) in [6, 6.07) is 12.7. The first kappa shape index (κ1) is 16.1. The molecule has 2 aromatic carbocycles. The Bertz CT molecular complexity index is 891. The first-order valence-corrected chi connectivity index (χ1v) is 7.27. The molecule has 0 bridgehead atoms. The molecule has 0 aliphatic carbocycles. The third-order valence-electron chi connectivity index (χ3n) is 3.64. The second kappa shape index (κ2) is 6.03. The van der Waals surface area contributed by atoms with E-state index in [1.165, 1.54) is 6.07 Å². The summed E-state index contributed by atoms with van der Waals surface area (Å²) < 4.78 is 44.0. The summed E-state index contributed by atoms with van der Waals surface area (Å²) in [6.07, 6.45) is -4.39. The van der Waals surface area contributed by atoms with Crippen LogP contribution in [0.1, 0.15) is 11.3 Å². The highest BCUT2D eigenvalue weighted by Crippen LogP contribution is 2.35. The minimum absolute atomic E-state index is 0.294. The van der Waals surface area contributed by atoms with Gasteiger partial charge in [0.25, 0.3) is 0 Å². The highest BCUT2D eigenvalue weighted by Gasteiger charge is 2.30. The highest BCUT2D eigenvalue weighted by atomic mass is 19.4. The number of pyridine rings is 1. The van der Waals surface area contributed by atoms with Crippen LogP contribution in [0.15, 0.2) is 48.5 Å². The number of nitrogens with zero attached hydrogens (tertiary/aromatic N) is 1.